The van der Waals surface area contributed by atoms with Gasteiger partial charge in [0.05, 0.1) is 17.1 Å². The van der Waals surface area contributed by atoms with Crippen molar-refractivity contribution in [2.75, 3.05) is 30.3 Å². The molecule has 1 aliphatic heterocycles. The van der Waals surface area contributed by atoms with E-state index in [4.69, 9.17) is 0 Å². The molecular formula is C20H23F2N3O3S. The minimum atomic E-state index is -3.60. The molecule has 0 aliphatic carbocycles. The minimum Gasteiger partial charge on any atom is -0.376 e. The van der Waals surface area contributed by atoms with E-state index in [-0.39, 0.29) is 17.1 Å². The number of halogens is 2. The van der Waals surface area contributed by atoms with Crippen LogP contribution >= 0.6 is 0 Å². The fourth-order valence-corrected chi connectivity index (χ4v) is 4.97. The maximum atomic E-state index is 13.6. The summed E-state index contributed by atoms with van der Waals surface area (Å²) in [7, 11) is -3.60. The average Bonchev–Trinajstić information content (AvgIpc) is 2.70. The first-order chi connectivity index (χ1) is 13.8. The molecule has 2 N–H and O–H groups in total. The number of carbonyl (C=O) groups excluding carboxylic acids is 1. The number of amides is 1. The molecule has 1 saturated heterocycles. The Bertz CT molecular complexity index is 1010. The Morgan fingerprint density at radius 2 is 1.79 bits per heavy atom. The van der Waals surface area contributed by atoms with E-state index >= 15 is 0 Å². The lowest BCUT2D eigenvalue weighted by Crippen LogP contribution is -2.36. The molecule has 6 nitrogen and oxygen atoms in total. The van der Waals surface area contributed by atoms with Crippen LogP contribution in [0.25, 0.3) is 0 Å². The molecule has 3 rings (SSSR count). The van der Waals surface area contributed by atoms with Crippen molar-refractivity contribution in [3.05, 3.63) is 53.6 Å². The van der Waals surface area contributed by atoms with E-state index in [0.29, 0.717) is 30.4 Å². The second kappa shape index (κ2) is 8.87. The summed E-state index contributed by atoms with van der Waals surface area (Å²) < 4.78 is 54.0. The van der Waals surface area contributed by atoms with Gasteiger partial charge in [0.1, 0.15) is 11.6 Å². The van der Waals surface area contributed by atoms with E-state index in [1.165, 1.54) is 10.4 Å². The Kier molecular flexibility index (Phi) is 6.49. The second-order valence-electron chi connectivity index (χ2n) is 6.97. The molecule has 1 fully saturated rings. The predicted molar refractivity (Wildman–Crippen MR) is 107 cm³/mol. The first kappa shape index (κ1) is 21.2. The molecule has 0 bridgehead atoms. The molecule has 1 amide bonds. The Morgan fingerprint density at radius 1 is 1.07 bits per heavy atom. The largest absolute Gasteiger partial charge is 0.376 e. The summed E-state index contributed by atoms with van der Waals surface area (Å²) in [5.41, 5.74) is 0.954. The molecule has 0 spiro atoms. The van der Waals surface area contributed by atoms with E-state index < -0.39 is 27.6 Å². The normalized spacial score (nSPS) is 15.1. The molecular weight excluding hydrogens is 400 g/mol. The van der Waals surface area contributed by atoms with Crippen molar-refractivity contribution in [2.24, 2.45) is 0 Å². The number of hydrogen-bond donors (Lipinski definition) is 2. The van der Waals surface area contributed by atoms with Crippen molar-refractivity contribution >= 4 is 27.3 Å². The van der Waals surface area contributed by atoms with Crippen LogP contribution in [0.1, 0.15) is 24.8 Å². The van der Waals surface area contributed by atoms with Gasteiger partial charge in [-0.1, -0.05) is 12.5 Å². The Balaban J connectivity index is 1.68. The number of hydrogen-bond acceptors (Lipinski definition) is 4. The van der Waals surface area contributed by atoms with Gasteiger partial charge in [-0.25, -0.2) is 17.2 Å². The number of carbonyl (C=O) groups is 1. The van der Waals surface area contributed by atoms with Gasteiger partial charge >= 0.3 is 0 Å². The van der Waals surface area contributed by atoms with Gasteiger partial charge in [0.2, 0.25) is 15.9 Å². The van der Waals surface area contributed by atoms with Gasteiger partial charge in [0, 0.05) is 24.8 Å². The van der Waals surface area contributed by atoms with Gasteiger partial charge in [0.15, 0.2) is 0 Å². The van der Waals surface area contributed by atoms with Gasteiger partial charge < -0.3 is 10.6 Å². The Morgan fingerprint density at radius 3 is 2.48 bits per heavy atom. The zero-order valence-electron chi connectivity index (χ0n) is 16.0. The van der Waals surface area contributed by atoms with E-state index in [1.54, 1.807) is 19.1 Å². The quantitative estimate of drug-likeness (QED) is 0.746. The summed E-state index contributed by atoms with van der Waals surface area (Å²) in [6, 6.07) is 7.72. The summed E-state index contributed by atoms with van der Waals surface area (Å²) in [6.45, 7) is 2.53. The minimum absolute atomic E-state index is 0.129. The number of aryl methyl sites for hydroxylation is 1. The molecule has 0 unspecified atom stereocenters. The maximum absolute atomic E-state index is 13.6. The van der Waals surface area contributed by atoms with Gasteiger partial charge in [0.25, 0.3) is 0 Å². The molecule has 0 atom stereocenters. The SMILES string of the molecule is Cc1ccc(NCC(=O)Nc2ccc(F)cc2F)cc1S(=O)(=O)N1CCCCC1. The number of nitrogens with zero attached hydrogens (tertiary/aromatic N) is 1. The molecule has 156 valence electrons. The Labute approximate surface area is 169 Å². The van der Waals surface area contributed by atoms with Crippen molar-refractivity contribution in [1.82, 2.24) is 4.31 Å². The summed E-state index contributed by atoms with van der Waals surface area (Å²) in [4.78, 5) is 12.3. The lowest BCUT2D eigenvalue weighted by molar-refractivity contribution is -0.114. The van der Waals surface area contributed by atoms with Crippen LogP contribution in [0.4, 0.5) is 20.2 Å². The number of piperidine rings is 1. The van der Waals surface area contributed by atoms with Crippen molar-refractivity contribution in [2.45, 2.75) is 31.1 Å². The number of benzene rings is 2. The van der Waals surface area contributed by atoms with Crippen LogP contribution in [-0.2, 0) is 14.8 Å². The van der Waals surface area contributed by atoms with E-state index in [0.717, 1.165) is 31.4 Å². The molecule has 1 heterocycles. The molecule has 2 aromatic carbocycles. The number of nitrogens with one attached hydrogen (secondary N) is 2. The predicted octanol–water partition coefficient (Wildman–Crippen LogP) is 3.50. The highest BCUT2D eigenvalue weighted by Gasteiger charge is 2.27. The van der Waals surface area contributed by atoms with E-state index in [2.05, 4.69) is 10.6 Å². The van der Waals surface area contributed by atoms with Crippen LogP contribution in [0, 0.1) is 18.6 Å². The second-order valence-corrected chi connectivity index (χ2v) is 8.88. The third kappa shape index (κ3) is 5.10. The van der Waals surface area contributed by atoms with Crippen molar-refractivity contribution in [1.29, 1.82) is 0 Å². The van der Waals surface area contributed by atoms with Gasteiger partial charge in [-0.3, -0.25) is 4.79 Å². The van der Waals surface area contributed by atoms with Gasteiger partial charge in [-0.05, 0) is 49.6 Å². The fraction of sp³-hybridized carbons (Fsp3) is 0.350. The molecule has 2 aromatic rings. The topological polar surface area (TPSA) is 78.5 Å². The third-order valence-electron chi connectivity index (χ3n) is 4.78. The zero-order chi connectivity index (χ0) is 21.0. The first-order valence-corrected chi connectivity index (χ1v) is 10.8. The van der Waals surface area contributed by atoms with Crippen molar-refractivity contribution < 1.29 is 22.0 Å². The number of rotatable bonds is 6. The molecule has 9 heteroatoms. The number of anilines is 2. The van der Waals surface area contributed by atoms with E-state index in [1.807, 2.05) is 0 Å². The van der Waals surface area contributed by atoms with Crippen molar-refractivity contribution in [3.8, 4) is 0 Å². The standard InChI is InChI=1S/C20H23F2N3O3S/c1-14-5-7-16(12-19(14)29(27,28)25-9-3-2-4-10-25)23-13-20(26)24-18-8-6-15(21)11-17(18)22/h5-8,11-12,23H,2-4,9-10,13H2,1H3,(H,24,26). The summed E-state index contributed by atoms with van der Waals surface area (Å²) >= 11 is 0. The monoisotopic (exact) mass is 423 g/mol. The van der Waals surface area contributed by atoms with Crippen molar-refractivity contribution in [3.63, 3.8) is 0 Å². The lowest BCUT2D eigenvalue weighted by Gasteiger charge is -2.26. The molecule has 0 saturated carbocycles. The highest BCUT2D eigenvalue weighted by atomic mass is 32.2. The highest BCUT2D eigenvalue weighted by Crippen LogP contribution is 2.26. The lowest BCUT2D eigenvalue weighted by atomic mass is 10.2. The van der Waals surface area contributed by atoms with Crippen LogP contribution < -0.4 is 10.6 Å². The van der Waals surface area contributed by atoms with Crippen LogP contribution in [0.3, 0.4) is 0 Å². The van der Waals surface area contributed by atoms with Gasteiger partial charge in [-0.2, -0.15) is 4.31 Å². The molecule has 1 aliphatic rings. The van der Waals surface area contributed by atoms with Crippen LogP contribution in [0.2, 0.25) is 0 Å². The molecule has 0 radical (unpaired) electrons. The number of sulfonamides is 1. The van der Waals surface area contributed by atoms with E-state index in [9.17, 15) is 22.0 Å². The summed E-state index contributed by atoms with van der Waals surface area (Å²) in [6.07, 6.45) is 2.71. The average molecular weight is 423 g/mol. The van der Waals surface area contributed by atoms with Gasteiger partial charge in [-0.15, -0.1) is 0 Å². The summed E-state index contributed by atoms with van der Waals surface area (Å²) in [5, 5.41) is 5.19. The highest BCUT2D eigenvalue weighted by molar-refractivity contribution is 7.89. The van der Waals surface area contributed by atoms with Crippen LogP contribution in [-0.4, -0.2) is 38.3 Å². The van der Waals surface area contributed by atoms with Crippen LogP contribution in [0.15, 0.2) is 41.3 Å². The molecule has 29 heavy (non-hydrogen) atoms. The molecule has 0 aromatic heterocycles. The van der Waals surface area contributed by atoms with Crippen LogP contribution in [0.5, 0.6) is 0 Å². The fourth-order valence-electron chi connectivity index (χ4n) is 3.20. The summed E-state index contributed by atoms with van der Waals surface area (Å²) in [5.74, 6) is -2.15. The third-order valence-corrected chi connectivity index (χ3v) is 6.82. The smallest absolute Gasteiger partial charge is 0.243 e. The zero-order valence-corrected chi connectivity index (χ0v) is 16.9. The first-order valence-electron chi connectivity index (χ1n) is 9.37. The Hall–Kier alpha value is -2.52. The maximum Gasteiger partial charge on any atom is 0.243 e.